The molecule has 5 rings (SSSR count). The number of ether oxygens (including phenoxy) is 2. The zero-order valence-electron chi connectivity index (χ0n) is 20.4. The second-order valence-corrected chi connectivity index (χ2v) is 8.32. The molecule has 1 aliphatic rings. The number of allylic oxidation sites excluding steroid dienone is 1. The molecule has 0 spiro atoms. The molecular weight excluding hydrogens is 454 g/mol. The number of carbonyl (C=O) groups is 1. The standard InChI is InChI=1S/C28H27N5O3/c1-4-36-22-15-13-19(14-16-22)25-24(27(34)30-21-10-6-5-7-11-21)18(2)29-28-31-26(32-33(25)28)20-9-8-12-23(17-20)35-3/h5-17,25H,4H2,1-3H3,(H,30,34)(H,29,31,32). The molecule has 1 amide bonds. The van der Waals surface area contributed by atoms with Gasteiger partial charge in [-0.1, -0.05) is 42.5 Å². The predicted molar refractivity (Wildman–Crippen MR) is 139 cm³/mol. The summed E-state index contributed by atoms with van der Waals surface area (Å²) >= 11 is 0. The van der Waals surface area contributed by atoms with Crippen molar-refractivity contribution in [2.24, 2.45) is 0 Å². The van der Waals surface area contributed by atoms with E-state index < -0.39 is 6.04 Å². The van der Waals surface area contributed by atoms with Crippen LogP contribution in [0, 0.1) is 0 Å². The van der Waals surface area contributed by atoms with Crippen molar-refractivity contribution in [3.63, 3.8) is 0 Å². The van der Waals surface area contributed by atoms with Crippen molar-refractivity contribution in [2.45, 2.75) is 19.9 Å². The predicted octanol–water partition coefficient (Wildman–Crippen LogP) is 5.28. The van der Waals surface area contributed by atoms with Gasteiger partial charge < -0.3 is 20.1 Å². The van der Waals surface area contributed by atoms with Gasteiger partial charge in [-0.05, 0) is 55.8 Å². The molecule has 0 aliphatic carbocycles. The maximum absolute atomic E-state index is 13.6. The second kappa shape index (κ2) is 9.95. The summed E-state index contributed by atoms with van der Waals surface area (Å²) in [6.07, 6.45) is 0. The van der Waals surface area contributed by atoms with Crippen LogP contribution < -0.4 is 20.1 Å². The normalized spacial score (nSPS) is 14.6. The number of anilines is 2. The minimum atomic E-state index is -0.493. The first kappa shape index (κ1) is 23.2. The van der Waals surface area contributed by atoms with Crippen LogP contribution in [0.15, 0.2) is 90.1 Å². The van der Waals surface area contributed by atoms with Gasteiger partial charge in [-0.2, -0.15) is 4.98 Å². The number of carbonyl (C=O) groups excluding carboxylic acids is 1. The molecule has 0 fully saturated rings. The van der Waals surface area contributed by atoms with Gasteiger partial charge >= 0.3 is 0 Å². The number of benzene rings is 3. The van der Waals surface area contributed by atoms with Gasteiger partial charge in [0.2, 0.25) is 5.95 Å². The average Bonchev–Trinajstić information content (AvgIpc) is 3.33. The van der Waals surface area contributed by atoms with Crippen molar-refractivity contribution in [2.75, 3.05) is 24.4 Å². The molecule has 1 aromatic heterocycles. The molecule has 0 radical (unpaired) electrons. The Kier molecular flexibility index (Phi) is 6.40. The highest BCUT2D eigenvalue weighted by Gasteiger charge is 2.34. The summed E-state index contributed by atoms with van der Waals surface area (Å²) in [5, 5.41) is 11.1. The fraction of sp³-hybridized carbons (Fsp3) is 0.179. The maximum atomic E-state index is 13.6. The van der Waals surface area contributed by atoms with Gasteiger partial charge in [-0.3, -0.25) is 4.79 Å². The molecule has 2 N–H and O–H groups in total. The van der Waals surface area contributed by atoms with Gasteiger partial charge in [0.25, 0.3) is 5.91 Å². The number of aromatic nitrogens is 3. The van der Waals surface area contributed by atoms with Gasteiger partial charge in [0.15, 0.2) is 5.82 Å². The Morgan fingerprint density at radius 1 is 1.03 bits per heavy atom. The van der Waals surface area contributed by atoms with Gasteiger partial charge in [0.05, 0.1) is 19.3 Å². The number of nitrogens with one attached hydrogen (secondary N) is 2. The lowest BCUT2D eigenvalue weighted by atomic mass is 9.95. The van der Waals surface area contributed by atoms with Crippen LogP contribution in [0.5, 0.6) is 11.5 Å². The van der Waals surface area contributed by atoms with Gasteiger partial charge in [-0.15, -0.1) is 5.10 Å². The number of hydrogen-bond acceptors (Lipinski definition) is 6. The zero-order valence-corrected chi connectivity index (χ0v) is 20.4. The van der Waals surface area contributed by atoms with Crippen LogP contribution in [0.4, 0.5) is 11.6 Å². The third-order valence-corrected chi connectivity index (χ3v) is 5.96. The van der Waals surface area contributed by atoms with Crippen LogP contribution >= 0.6 is 0 Å². The van der Waals surface area contributed by atoms with Crippen molar-refractivity contribution < 1.29 is 14.3 Å². The molecule has 1 aliphatic heterocycles. The molecule has 1 atom stereocenters. The molecule has 182 valence electrons. The average molecular weight is 482 g/mol. The Hall–Kier alpha value is -4.59. The minimum absolute atomic E-state index is 0.214. The highest BCUT2D eigenvalue weighted by atomic mass is 16.5. The first-order chi connectivity index (χ1) is 17.6. The molecule has 0 saturated heterocycles. The number of fused-ring (bicyclic) bond motifs is 1. The van der Waals surface area contributed by atoms with E-state index in [0.29, 0.717) is 35.4 Å². The second-order valence-electron chi connectivity index (χ2n) is 8.32. The molecule has 1 unspecified atom stereocenters. The number of amides is 1. The summed E-state index contributed by atoms with van der Waals surface area (Å²) in [5.41, 5.74) is 3.68. The van der Waals surface area contributed by atoms with E-state index in [9.17, 15) is 4.79 Å². The third kappa shape index (κ3) is 4.53. The molecule has 2 heterocycles. The van der Waals surface area contributed by atoms with E-state index in [4.69, 9.17) is 19.6 Å². The van der Waals surface area contributed by atoms with Crippen molar-refractivity contribution in [3.8, 4) is 22.9 Å². The number of para-hydroxylation sites is 1. The van der Waals surface area contributed by atoms with Gasteiger partial charge in [0, 0.05) is 16.9 Å². The molecule has 0 saturated carbocycles. The molecular formula is C28H27N5O3. The summed E-state index contributed by atoms with van der Waals surface area (Å²) < 4.78 is 12.8. The topological polar surface area (TPSA) is 90.3 Å². The first-order valence-electron chi connectivity index (χ1n) is 11.7. The monoisotopic (exact) mass is 481 g/mol. The lowest BCUT2D eigenvalue weighted by molar-refractivity contribution is -0.113. The van der Waals surface area contributed by atoms with Crippen molar-refractivity contribution in [1.82, 2.24) is 14.8 Å². The Morgan fingerprint density at radius 3 is 2.53 bits per heavy atom. The van der Waals surface area contributed by atoms with Crippen LogP contribution in [0.3, 0.4) is 0 Å². The van der Waals surface area contributed by atoms with E-state index in [0.717, 1.165) is 22.6 Å². The van der Waals surface area contributed by atoms with E-state index in [1.54, 1.807) is 11.8 Å². The summed E-state index contributed by atoms with van der Waals surface area (Å²) in [5.74, 6) is 2.36. The molecule has 0 bridgehead atoms. The van der Waals surface area contributed by atoms with E-state index in [-0.39, 0.29) is 5.91 Å². The Labute approximate surface area is 209 Å². The fourth-order valence-electron chi connectivity index (χ4n) is 4.27. The smallest absolute Gasteiger partial charge is 0.255 e. The lowest BCUT2D eigenvalue weighted by Gasteiger charge is -2.28. The summed E-state index contributed by atoms with van der Waals surface area (Å²) in [6.45, 7) is 4.40. The van der Waals surface area contributed by atoms with Crippen LogP contribution in [0.1, 0.15) is 25.5 Å². The molecule has 4 aromatic rings. The van der Waals surface area contributed by atoms with Crippen LogP contribution in [-0.4, -0.2) is 34.4 Å². The first-order valence-corrected chi connectivity index (χ1v) is 11.7. The Balaban J connectivity index is 1.59. The SMILES string of the molecule is CCOc1ccc(C2C(C(=O)Nc3ccccc3)=C(C)Nc3nc(-c4cccc(OC)c4)nn32)cc1. The summed E-state index contributed by atoms with van der Waals surface area (Å²) in [4.78, 5) is 18.3. The van der Waals surface area contributed by atoms with Gasteiger partial charge in [0.1, 0.15) is 17.5 Å². The van der Waals surface area contributed by atoms with Crippen LogP contribution in [0.2, 0.25) is 0 Å². The number of hydrogen-bond donors (Lipinski definition) is 2. The quantitative estimate of drug-likeness (QED) is 0.373. The zero-order chi connectivity index (χ0) is 25.1. The van der Waals surface area contributed by atoms with Crippen LogP contribution in [-0.2, 0) is 4.79 Å². The van der Waals surface area contributed by atoms with E-state index in [1.807, 2.05) is 92.7 Å². The highest BCUT2D eigenvalue weighted by molar-refractivity contribution is 6.06. The molecule has 8 heteroatoms. The fourth-order valence-corrected chi connectivity index (χ4v) is 4.27. The van der Waals surface area contributed by atoms with Crippen molar-refractivity contribution >= 4 is 17.5 Å². The largest absolute Gasteiger partial charge is 0.497 e. The molecule has 36 heavy (non-hydrogen) atoms. The van der Waals surface area contributed by atoms with E-state index in [2.05, 4.69) is 10.6 Å². The number of nitrogens with zero attached hydrogens (tertiary/aromatic N) is 3. The summed E-state index contributed by atoms with van der Waals surface area (Å²) in [7, 11) is 1.62. The molecule has 3 aromatic carbocycles. The Morgan fingerprint density at radius 2 is 1.81 bits per heavy atom. The highest BCUT2D eigenvalue weighted by Crippen LogP contribution is 2.37. The van der Waals surface area contributed by atoms with Crippen molar-refractivity contribution in [1.29, 1.82) is 0 Å². The lowest BCUT2D eigenvalue weighted by Crippen LogP contribution is -2.31. The third-order valence-electron chi connectivity index (χ3n) is 5.96. The summed E-state index contributed by atoms with van der Waals surface area (Å²) in [6, 6.07) is 24.2. The van der Waals surface area contributed by atoms with Gasteiger partial charge in [-0.25, -0.2) is 4.68 Å². The molecule has 8 nitrogen and oxygen atoms in total. The van der Waals surface area contributed by atoms with E-state index in [1.165, 1.54) is 0 Å². The number of methoxy groups -OCH3 is 1. The number of rotatable bonds is 7. The van der Waals surface area contributed by atoms with Crippen LogP contribution in [0.25, 0.3) is 11.4 Å². The van der Waals surface area contributed by atoms with E-state index >= 15 is 0 Å². The Bertz CT molecular complexity index is 1410. The maximum Gasteiger partial charge on any atom is 0.255 e. The minimum Gasteiger partial charge on any atom is -0.497 e. The van der Waals surface area contributed by atoms with Crippen molar-refractivity contribution in [3.05, 3.63) is 95.7 Å².